The molecular formula is C14H15F2NOS. The van der Waals surface area contributed by atoms with Gasteiger partial charge >= 0.3 is 0 Å². The largest absolute Gasteiger partial charge is 0.483 e. The Labute approximate surface area is 114 Å². The Hall–Kier alpha value is -1.46. The predicted molar refractivity (Wildman–Crippen MR) is 72.4 cm³/mol. The highest BCUT2D eigenvalue weighted by atomic mass is 32.1. The maximum absolute atomic E-state index is 13.2. The third-order valence-corrected chi connectivity index (χ3v) is 3.82. The van der Waals surface area contributed by atoms with E-state index in [0.717, 1.165) is 28.6 Å². The highest BCUT2D eigenvalue weighted by Crippen LogP contribution is 2.31. The normalized spacial score (nSPS) is 14.2. The van der Waals surface area contributed by atoms with Gasteiger partial charge in [-0.05, 0) is 30.9 Å². The summed E-state index contributed by atoms with van der Waals surface area (Å²) in [4.78, 5) is 0.972. The van der Waals surface area contributed by atoms with Crippen LogP contribution in [0.5, 0.6) is 5.75 Å². The number of thiophene rings is 1. The number of rotatable bonds is 4. The lowest BCUT2D eigenvalue weighted by Gasteiger charge is -2.22. The molecule has 2 aromatic rings. The maximum Gasteiger partial charge on any atom is 0.148 e. The first-order chi connectivity index (χ1) is 8.97. The van der Waals surface area contributed by atoms with Gasteiger partial charge in [-0.2, -0.15) is 0 Å². The van der Waals surface area contributed by atoms with Crippen molar-refractivity contribution in [3.05, 3.63) is 51.7 Å². The van der Waals surface area contributed by atoms with Gasteiger partial charge in [-0.15, -0.1) is 11.3 Å². The van der Waals surface area contributed by atoms with Crippen molar-refractivity contribution in [1.82, 2.24) is 0 Å². The second-order valence-corrected chi connectivity index (χ2v) is 5.42. The van der Waals surface area contributed by atoms with Gasteiger partial charge in [0.2, 0.25) is 0 Å². The van der Waals surface area contributed by atoms with Crippen LogP contribution in [0, 0.1) is 18.6 Å². The number of ether oxygens (including phenoxy) is 1. The van der Waals surface area contributed by atoms with Crippen molar-refractivity contribution in [3.8, 4) is 5.75 Å². The molecular weight excluding hydrogens is 268 g/mol. The Balaban J connectivity index is 2.29. The van der Waals surface area contributed by atoms with Gasteiger partial charge in [0.05, 0.1) is 0 Å². The molecule has 102 valence electrons. The van der Waals surface area contributed by atoms with Crippen LogP contribution in [0.3, 0.4) is 0 Å². The van der Waals surface area contributed by atoms with Crippen molar-refractivity contribution >= 4 is 11.3 Å². The fourth-order valence-corrected chi connectivity index (χ4v) is 2.89. The van der Waals surface area contributed by atoms with Crippen molar-refractivity contribution in [2.45, 2.75) is 26.0 Å². The van der Waals surface area contributed by atoms with Crippen molar-refractivity contribution in [2.75, 3.05) is 0 Å². The molecule has 0 aliphatic rings. The molecule has 0 spiro atoms. The van der Waals surface area contributed by atoms with Gasteiger partial charge in [0.1, 0.15) is 23.5 Å². The summed E-state index contributed by atoms with van der Waals surface area (Å²) in [5.74, 6) is -1.18. The minimum atomic E-state index is -0.665. The number of benzene rings is 1. The maximum atomic E-state index is 13.2. The molecule has 2 nitrogen and oxygen atoms in total. The van der Waals surface area contributed by atoms with E-state index in [1.165, 1.54) is 11.3 Å². The summed E-state index contributed by atoms with van der Waals surface area (Å²) in [5.41, 5.74) is 6.97. The summed E-state index contributed by atoms with van der Waals surface area (Å²) in [6, 6.07) is 4.79. The summed E-state index contributed by atoms with van der Waals surface area (Å²) in [7, 11) is 0. The Morgan fingerprint density at radius 3 is 2.32 bits per heavy atom. The van der Waals surface area contributed by atoms with Crippen molar-refractivity contribution < 1.29 is 13.5 Å². The van der Waals surface area contributed by atoms with E-state index >= 15 is 0 Å². The van der Waals surface area contributed by atoms with Gasteiger partial charge in [0.25, 0.3) is 0 Å². The highest BCUT2D eigenvalue weighted by molar-refractivity contribution is 7.10. The molecule has 0 aliphatic heterocycles. The molecule has 1 heterocycles. The third kappa shape index (κ3) is 3.30. The zero-order valence-corrected chi connectivity index (χ0v) is 11.5. The van der Waals surface area contributed by atoms with Crippen LogP contribution in [0.2, 0.25) is 0 Å². The van der Waals surface area contributed by atoms with Crippen molar-refractivity contribution in [3.63, 3.8) is 0 Å². The molecule has 0 radical (unpaired) electrons. The van der Waals surface area contributed by atoms with E-state index in [2.05, 4.69) is 0 Å². The van der Waals surface area contributed by atoms with Gasteiger partial charge in [-0.3, -0.25) is 0 Å². The first-order valence-electron chi connectivity index (χ1n) is 5.89. The van der Waals surface area contributed by atoms with E-state index in [9.17, 15) is 8.78 Å². The Kier molecular flexibility index (Phi) is 4.17. The van der Waals surface area contributed by atoms with E-state index in [-0.39, 0.29) is 11.8 Å². The quantitative estimate of drug-likeness (QED) is 0.926. The monoisotopic (exact) mass is 283 g/mol. The summed E-state index contributed by atoms with van der Waals surface area (Å²) < 4.78 is 32.0. The molecule has 1 aromatic carbocycles. The molecule has 2 N–H and O–H groups in total. The van der Waals surface area contributed by atoms with Crippen LogP contribution >= 0.6 is 11.3 Å². The van der Waals surface area contributed by atoms with E-state index in [0.29, 0.717) is 0 Å². The van der Waals surface area contributed by atoms with Gasteiger partial charge in [-0.1, -0.05) is 0 Å². The number of nitrogens with two attached hydrogens (primary N) is 1. The average molecular weight is 283 g/mol. The minimum Gasteiger partial charge on any atom is -0.483 e. The molecule has 0 fully saturated rings. The second-order valence-electron chi connectivity index (χ2n) is 4.47. The molecule has 19 heavy (non-hydrogen) atoms. The first kappa shape index (κ1) is 14.0. The fraction of sp³-hybridized carbons (Fsp3) is 0.286. The summed E-state index contributed by atoms with van der Waals surface area (Å²) in [6.45, 7) is 3.76. The number of hydrogen-bond donors (Lipinski definition) is 1. The lowest BCUT2D eigenvalue weighted by Crippen LogP contribution is -2.28. The fourth-order valence-electron chi connectivity index (χ4n) is 1.82. The summed E-state index contributed by atoms with van der Waals surface area (Å²) in [5, 5.41) is 1.94. The van der Waals surface area contributed by atoms with Crippen molar-refractivity contribution in [1.29, 1.82) is 0 Å². The molecule has 2 unspecified atom stereocenters. The van der Waals surface area contributed by atoms with Gasteiger partial charge in [-0.25, -0.2) is 8.78 Å². The van der Waals surface area contributed by atoms with Crippen LogP contribution in [0.25, 0.3) is 0 Å². The topological polar surface area (TPSA) is 35.2 Å². The number of aryl methyl sites for hydroxylation is 1. The van der Waals surface area contributed by atoms with E-state index in [4.69, 9.17) is 10.5 Å². The smallest absolute Gasteiger partial charge is 0.148 e. The first-order valence-corrected chi connectivity index (χ1v) is 6.77. The van der Waals surface area contributed by atoms with Crippen LogP contribution in [-0.4, -0.2) is 6.04 Å². The zero-order valence-electron chi connectivity index (χ0n) is 10.7. The molecule has 2 atom stereocenters. The molecule has 0 aliphatic carbocycles. The van der Waals surface area contributed by atoms with Crippen LogP contribution in [0.1, 0.15) is 23.5 Å². The Bertz CT molecular complexity index is 548. The lowest BCUT2D eigenvalue weighted by atomic mass is 10.1. The zero-order chi connectivity index (χ0) is 14.0. The molecule has 5 heteroatoms. The summed E-state index contributed by atoms with van der Waals surface area (Å²) >= 11 is 1.52. The third-order valence-electron chi connectivity index (χ3n) is 2.74. The lowest BCUT2D eigenvalue weighted by molar-refractivity contribution is 0.182. The van der Waals surface area contributed by atoms with Crippen LogP contribution in [-0.2, 0) is 0 Å². The van der Waals surface area contributed by atoms with Crippen molar-refractivity contribution in [2.24, 2.45) is 5.73 Å². The van der Waals surface area contributed by atoms with Crippen LogP contribution < -0.4 is 10.5 Å². The molecule has 0 saturated heterocycles. The minimum absolute atomic E-state index is 0.146. The molecule has 2 rings (SSSR count). The summed E-state index contributed by atoms with van der Waals surface area (Å²) in [6.07, 6.45) is -0.416. The second kappa shape index (κ2) is 5.67. The van der Waals surface area contributed by atoms with Gasteiger partial charge < -0.3 is 10.5 Å². The Morgan fingerprint density at radius 1 is 1.21 bits per heavy atom. The highest BCUT2D eigenvalue weighted by Gasteiger charge is 2.22. The predicted octanol–water partition coefficient (Wildman–Crippen LogP) is 3.80. The molecule has 0 bridgehead atoms. The standard InChI is InChI=1S/C14H15F2NOS/c1-8-3-4-19-14(8)13(9(2)17)18-12-6-10(15)5-11(16)7-12/h3-7,9,13H,17H2,1-2H3. The van der Waals surface area contributed by atoms with E-state index in [1.807, 2.05) is 18.4 Å². The number of halogens is 2. The molecule has 0 saturated carbocycles. The Morgan fingerprint density at radius 2 is 1.84 bits per heavy atom. The van der Waals surface area contributed by atoms with Gasteiger partial charge in [0, 0.05) is 29.1 Å². The SMILES string of the molecule is Cc1ccsc1C(Oc1cc(F)cc(F)c1)C(C)N. The van der Waals surface area contributed by atoms with Gasteiger partial charge in [0.15, 0.2) is 0 Å². The van der Waals surface area contributed by atoms with E-state index in [1.54, 1.807) is 6.92 Å². The average Bonchev–Trinajstić information content (AvgIpc) is 2.70. The van der Waals surface area contributed by atoms with Crippen LogP contribution in [0.4, 0.5) is 8.78 Å². The molecule has 1 aromatic heterocycles. The van der Waals surface area contributed by atoms with E-state index < -0.39 is 17.7 Å². The molecule has 0 amide bonds. The number of hydrogen-bond acceptors (Lipinski definition) is 3. The van der Waals surface area contributed by atoms with Crippen LogP contribution in [0.15, 0.2) is 29.6 Å².